The fourth-order valence-corrected chi connectivity index (χ4v) is 2.24. The Kier molecular flexibility index (Phi) is 3.21. The highest BCUT2D eigenvalue weighted by Gasteiger charge is 2.21. The first-order valence-electron chi connectivity index (χ1n) is 4.78. The molecule has 1 amide bonds. The number of hydrogen-bond acceptors (Lipinski definition) is 4. The van der Waals surface area contributed by atoms with Gasteiger partial charge in [0.05, 0.1) is 4.47 Å². The maximum Gasteiger partial charge on any atom is 0.274 e. The number of carbonyl (C=O) groups excluding carboxylic acids is 1. The molecule has 0 atom stereocenters. The van der Waals surface area contributed by atoms with Gasteiger partial charge in [-0.15, -0.1) is 0 Å². The third-order valence-electron chi connectivity index (χ3n) is 2.10. The molecule has 0 radical (unpaired) electrons. The minimum Gasteiger partial charge on any atom is -0.440 e. The molecule has 2 heterocycles. The minimum atomic E-state index is -0.256. The normalized spacial score (nSPS) is 17.2. The van der Waals surface area contributed by atoms with Crippen molar-refractivity contribution in [3.63, 3.8) is 0 Å². The molecule has 90 valence electrons. The molecule has 0 spiro atoms. The van der Waals surface area contributed by atoms with E-state index in [9.17, 15) is 4.79 Å². The predicted molar refractivity (Wildman–Crippen MR) is 72.6 cm³/mol. The summed E-state index contributed by atoms with van der Waals surface area (Å²) in [5, 5.41) is 5.54. The van der Waals surface area contributed by atoms with Gasteiger partial charge in [-0.1, -0.05) is 0 Å². The van der Waals surface area contributed by atoms with E-state index in [0.717, 1.165) is 4.47 Å². The SMILES string of the molecule is CN(C)c1oc(/C=C2\NC(=S)NC2=O)cc1Br. The van der Waals surface area contributed by atoms with Crippen molar-refractivity contribution in [3.05, 3.63) is 22.0 Å². The summed E-state index contributed by atoms with van der Waals surface area (Å²) in [6.07, 6.45) is 1.60. The number of nitrogens with zero attached hydrogens (tertiary/aromatic N) is 1. The Balaban J connectivity index is 2.30. The third kappa shape index (κ3) is 2.50. The van der Waals surface area contributed by atoms with Gasteiger partial charge in [0.2, 0.25) is 5.88 Å². The van der Waals surface area contributed by atoms with Gasteiger partial charge in [0.15, 0.2) is 5.11 Å². The van der Waals surface area contributed by atoms with E-state index in [1.54, 1.807) is 12.1 Å². The summed E-state index contributed by atoms with van der Waals surface area (Å²) in [6.45, 7) is 0. The fraction of sp³-hybridized carbons (Fsp3) is 0.200. The summed E-state index contributed by atoms with van der Waals surface area (Å²) >= 11 is 8.21. The zero-order valence-corrected chi connectivity index (χ0v) is 11.6. The number of hydrogen-bond donors (Lipinski definition) is 2. The van der Waals surface area contributed by atoms with Crippen LogP contribution in [0.25, 0.3) is 6.08 Å². The van der Waals surface area contributed by atoms with Gasteiger partial charge >= 0.3 is 0 Å². The number of nitrogens with one attached hydrogen (secondary N) is 2. The third-order valence-corrected chi connectivity index (χ3v) is 2.87. The molecule has 1 saturated heterocycles. The van der Waals surface area contributed by atoms with Gasteiger partial charge in [0.1, 0.15) is 11.5 Å². The number of rotatable bonds is 2. The molecule has 1 aromatic rings. The van der Waals surface area contributed by atoms with Gasteiger partial charge in [-0.25, -0.2) is 0 Å². The Morgan fingerprint density at radius 1 is 1.47 bits per heavy atom. The zero-order valence-electron chi connectivity index (χ0n) is 9.20. The lowest BCUT2D eigenvalue weighted by Crippen LogP contribution is -2.21. The van der Waals surface area contributed by atoms with Crippen LogP contribution >= 0.6 is 28.1 Å². The molecule has 0 aliphatic carbocycles. The molecule has 0 aromatic carbocycles. The minimum absolute atomic E-state index is 0.256. The van der Waals surface area contributed by atoms with Crippen LogP contribution in [0.2, 0.25) is 0 Å². The van der Waals surface area contributed by atoms with Gasteiger partial charge < -0.3 is 14.6 Å². The first-order chi connectivity index (χ1) is 7.97. The molecule has 7 heteroatoms. The van der Waals surface area contributed by atoms with Crippen LogP contribution in [-0.4, -0.2) is 25.1 Å². The van der Waals surface area contributed by atoms with Crippen molar-refractivity contribution in [2.45, 2.75) is 0 Å². The number of carbonyl (C=O) groups is 1. The van der Waals surface area contributed by atoms with E-state index in [-0.39, 0.29) is 5.91 Å². The van der Waals surface area contributed by atoms with E-state index in [0.29, 0.717) is 22.5 Å². The van der Waals surface area contributed by atoms with Crippen molar-refractivity contribution in [2.24, 2.45) is 0 Å². The first kappa shape index (κ1) is 12.1. The number of thiocarbonyl (C=S) groups is 1. The molecule has 2 rings (SSSR count). The lowest BCUT2D eigenvalue weighted by atomic mass is 10.3. The van der Waals surface area contributed by atoms with Crippen molar-refractivity contribution in [1.82, 2.24) is 10.6 Å². The Hall–Kier alpha value is -1.34. The second kappa shape index (κ2) is 4.50. The summed E-state index contributed by atoms with van der Waals surface area (Å²) in [5.74, 6) is 1.01. The van der Waals surface area contributed by atoms with E-state index < -0.39 is 0 Å². The van der Waals surface area contributed by atoms with Gasteiger partial charge in [-0.3, -0.25) is 10.1 Å². The van der Waals surface area contributed by atoms with Crippen molar-refractivity contribution in [2.75, 3.05) is 19.0 Å². The van der Waals surface area contributed by atoms with E-state index in [4.69, 9.17) is 16.6 Å². The van der Waals surface area contributed by atoms with Crippen molar-refractivity contribution in [1.29, 1.82) is 0 Å². The van der Waals surface area contributed by atoms with Crippen LogP contribution < -0.4 is 15.5 Å². The maximum atomic E-state index is 11.4. The van der Waals surface area contributed by atoms with Crippen LogP contribution in [0.5, 0.6) is 0 Å². The number of amides is 1. The fourth-order valence-electron chi connectivity index (χ4n) is 1.38. The Morgan fingerprint density at radius 3 is 2.65 bits per heavy atom. The second-order valence-corrected chi connectivity index (χ2v) is 4.93. The lowest BCUT2D eigenvalue weighted by Gasteiger charge is -2.07. The smallest absolute Gasteiger partial charge is 0.274 e. The maximum absolute atomic E-state index is 11.4. The molecule has 1 fully saturated rings. The first-order valence-corrected chi connectivity index (χ1v) is 5.98. The van der Waals surface area contributed by atoms with Crippen LogP contribution in [0.15, 0.2) is 20.7 Å². The molecule has 5 nitrogen and oxygen atoms in total. The molecule has 0 saturated carbocycles. The van der Waals surface area contributed by atoms with Crippen LogP contribution in [0.1, 0.15) is 5.76 Å². The average molecular weight is 316 g/mol. The molecular formula is C10H10BrN3O2S. The highest BCUT2D eigenvalue weighted by atomic mass is 79.9. The topological polar surface area (TPSA) is 57.5 Å². The quantitative estimate of drug-likeness (QED) is 0.639. The number of furan rings is 1. The van der Waals surface area contributed by atoms with E-state index in [1.165, 1.54) is 0 Å². The van der Waals surface area contributed by atoms with E-state index >= 15 is 0 Å². The molecule has 0 bridgehead atoms. The Morgan fingerprint density at radius 2 is 2.18 bits per heavy atom. The van der Waals surface area contributed by atoms with Gasteiger partial charge in [-0.05, 0) is 28.1 Å². The van der Waals surface area contributed by atoms with Crippen LogP contribution in [0, 0.1) is 0 Å². The summed E-state index contributed by atoms with van der Waals surface area (Å²) < 4.78 is 6.39. The Bertz CT molecular complexity index is 522. The van der Waals surface area contributed by atoms with Crippen LogP contribution in [0.4, 0.5) is 5.88 Å². The summed E-state index contributed by atoms with van der Waals surface area (Å²) in [6, 6.07) is 1.79. The van der Waals surface area contributed by atoms with Crippen LogP contribution in [-0.2, 0) is 4.79 Å². The Labute approximate surface area is 112 Å². The number of anilines is 1. The van der Waals surface area contributed by atoms with Crippen molar-refractivity contribution in [3.8, 4) is 0 Å². The molecule has 0 unspecified atom stereocenters. The summed E-state index contributed by atoms with van der Waals surface area (Å²) in [7, 11) is 3.74. The van der Waals surface area contributed by atoms with E-state index in [1.807, 2.05) is 19.0 Å². The largest absolute Gasteiger partial charge is 0.440 e. The highest BCUT2D eigenvalue weighted by molar-refractivity contribution is 9.10. The van der Waals surface area contributed by atoms with Gasteiger partial charge in [0, 0.05) is 26.2 Å². The van der Waals surface area contributed by atoms with E-state index in [2.05, 4.69) is 26.6 Å². The molecular weight excluding hydrogens is 306 g/mol. The molecule has 2 N–H and O–H groups in total. The lowest BCUT2D eigenvalue weighted by molar-refractivity contribution is -0.115. The second-order valence-electron chi connectivity index (χ2n) is 3.66. The predicted octanol–water partition coefficient (Wildman–Crippen LogP) is 1.45. The molecule has 1 aliphatic rings. The standard InChI is InChI=1S/C10H10BrN3O2S/c1-14(2)9-6(11)3-5(16-9)4-7-8(15)13-10(17)12-7/h3-4H,1-2H3,(H2,12,13,15,17)/b7-4-. The molecule has 1 aromatic heterocycles. The zero-order chi connectivity index (χ0) is 12.6. The molecule has 17 heavy (non-hydrogen) atoms. The van der Waals surface area contributed by atoms with Crippen LogP contribution in [0.3, 0.4) is 0 Å². The summed E-state index contributed by atoms with van der Waals surface area (Å²) in [5.41, 5.74) is 0.376. The van der Waals surface area contributed by atoms with Crippen molar-refractivity contribution >= 4 is 51.1 Å². The number of halogens is 1. The molecule has 1 aliphatic heterocycles. The summed E-state index contributed by atoms with van der Waals surface area (Å²) in [4.78, 5) is 13.3. The van der Waals surface area contributed by atoms with Gasteiger partial charge in [-0.2, -0.15) is 0 Å². The van der Waals surface area contributed by atoms with Crippen molar-refractivity contribution < 1.29 is 9.21 Å². The average Bonchev–Trinajstić information content (AvgIpc) is 2.71. The monoisotopic (exact) mass is 315 g/mol. The highest BCUT2D eigenvalue weighted by Crippen LogP contribution is 2.29. The van der Waals surface area contributed by atoms with Gasteiger partial charge in [0.25, 0.3) is 5.91 Å².